The van der Waals surface area contributed by atoms with Gasteiger partial charge in [0, 0.05) is 0 Å². The van der Waals surface area contributed by atoms with Crippen molar-refractivity contribution in [2.24, 2.45) is 0 Å². The molecule has 0 heteroatoms. The quantitative estimate of drug-likeness (QED) is 0.598. The van der Waals surface area contributed by atoms with Crippen LogP contribution >= 0.6 is 0 Å². The molecule has 0 atom stereocenters. The summed E-state index contributed by atoms with van der Waals surface area (Å²) in [7, 11) is 0. The summed E-state index contributed by atoms with van der Waals surface area (Å²) < 4.78 is 0. The maximum Gasteiger partial charge on any atom is -0.0257 e. The molecule has 0 amide bonds. The van der Waals surface area contributed by atoms with Gasteiger partial charge < -0.3 is 0 Å². The van der Waals surface area contributed by atoms with Crippen LogP contribution in [0.25, 0.3) is 6.08 Å². The molecule has 0 nitrogen and oxygen atoms in total. The molecule has 0 spiro atoms. The van der Waals surface area contributed by atoms with Gasteiger partial charge >= 0.3 is 0 Å². The van der Waals surface area contributed by atoms with Crippen LogP contribution in [0.2, 0.25) is 0 Å². The molecular weight excluding hydrogens is 240 g/mol. The van der Waals surface area contributed by atoms with Gasteiger partial charge in [-0.15, -0.1) is 0 Å². The molecule has 0 aliphatic rings. The lowest BCUT2D eigenvalue weighted by Crippen LogP contribution is -1.82. The van der Waals surface area contributed by atoms with Crippen molar-refractivity contribution in [1.29, 1.82) is 0 Å². The van der Waals surface area contributed by atoms with Crippen LogP contribution in [0.4, 0.5) is 0 Å². The summed E-state index contributed by atoms with van der Waals surface area (Å²) in [5.41, 5.74) is 8.19. The normalized spacial score (nSPS) is 10.3. The summed E-state index contributed by atoms with van der Waals surface area (Å²) >= 11 is 0. The highest BCUT2D eigenvalue weighted by Crippen LogP contribution is 2.11. The number of allylic oxidation sites excluding steroid dienone is 1. The monoisotopic (exact) mass is 266 g/mol. The fraction of sp³-hybridized carbons (Fsp3) is 0.300. The second-order valence-electron chi connectivity index (χ2n) is 5.36. The predicted molar refractivity (Wildman–Crippen MR) is 91.3 cm³/mol. The molecule has 0 radical (unpaired) electrons. The van der Waals surface area contributed by atoms with Crippen molar-refractivity contribution in [3.8, 4) is 0 Å². The average Bonchev–Trinajstić information content (AvgIpc) is 2.41. The van der Waals surface area contributed by atoms with E-state index in [1.54, 1.807) is 0 Å². The summed E-state index contributed by atoms with van der Waals surface area (Å²) in [6.07, 6.45) is 4.18. The summed E-state index contributed by atoms with van der Waals surface area (Å²) in [6, 6.07) is 12.9. The molecule has 0 heterocycles. The predicted octanol–water partition coefficient (Wildman–Crippen LogP) is 5.95. The molecule has 0 N–H and O–H groups in total. The molecule has 0 saturated carbocycles. The van der Waals surface area contributed by atoms with Crippen LogP contribution in [0.3, 0.4) is 0 Å². The van der Waals surface area contributed by atoms with Crippen LogP contribution in [-0.4, -0.2) is 0 Å². The van der Waals surface area contributed by atoms with E-state index >= 15 is 0 Å². The standard InChI is InChI=1S/C11H14.C9H12/c1-4-5-11-7-6-9(2)10(3)8-11;1-7-5-4-6-8(2)9(7)3/h4-8H,1-3H3;4-6H,1-3H3/b5-4-;. The van der Waals surface area contributed by atoms with E-state index in [4.69, 9.17) is 0 Å². The Morgan fingerprint density at radius 2 is 1.30 bits per heavy atom. The number of hydrogen-bond donors (Lipinski definition) is 0. The third-order valence-electron chi connectivity index (χ3n) is 3.77. The molecule has 2 aromatic carbocycles. The van der Waals surface area contributed by atoms with Crippen LogP contribution in [-0.2, 0) is 0 Å². The Balaban J connectivity index is 0.000000204. The highest BCUT2D eigenvalue weighted by molar-refractivity contribution is 5.51. The number of aryl methyl sites for hydroxylation is 4. The van der Waals surface area contributed by atoms with Gasteiger partial charge in [-0.05, 0) is 74.9 Å². The van der Waals surface area contributed by atoms with Gasteiger partial charge in [-0.25, -0.2) is 0 Å². The molecule has 20 heavy (non-hydrogen) atoms. The summed E-state index contributed by atoms with van der Waals surface area (Å²) in [4.78, 5) is 0. The maximum atomic E-state index is 2.20. The minimum Gasteiger partial charge on any atom is -0.0871 e. The topological polar surface area (TPSA) is 0 Å². The van der Waals surface area contributed by atoms with Gasteiger partial charge in [-0.1, -0.05) is 48.6 Å². The van der Waals surface area contributed by atoms with Crippen molar-refractivity contribution in [1.82, 2.24) is 0 Å². The minimum absolute atomic E-state index is 1.29. The zero-order chi connectivity index (χ0) is 15.1. The zero-order valence-electron chi connectivity index (χ0n) is 13.6. The van der Waals surface area contributed by atoms with Crippen molar-refractivity contribution >= 4 is 6.08 Å². The lowest BCUT2D eigenvalue weighted by atomic mass is 10.1. The van der Waals surface area contributed by atoms with Gasteiger partial charge in [-0.3, -0.25) is 0 Å². The summed E-state index contributed by atoms with van der Waals surface area (Å²) in [5, 5.41) is 0. The Bertz CT molecular complexity index is 569. The van der Waals surface area contributed by atoms with Crippen LogP contribution in [0.1, 0.15) is 40.3 Å². The molecule has 0 bridgehead atoms. The van der Waals surface area contributed by atoms with Crippen molar-refractivity contribution in [2.75, 3.05) is 0 Å². The highest BCUT2D eigenvalue weighted by Gasteiger charge is 1.92. The molecule has 0 fully saturated rings. The Morgan fingerprint density at radius 1 is 0.700 bits per heavy atom. The summed E-state index contributed by atoms with van der Waals surface area (Å²) in [5.74, 6) is 0. The van der Waals surface area contributed by atoms with E-state index in [0.717, 1.165) is 0 Å². The largest absolute Gasteiger partial charge is 0.0871 e. The molecule has 0 aliphatic carbocycles. The molecule has 0 unspecified atom stereocenters. The van der Waals surface area contributed by atoms with Gasteiger partial charge in [-0.2, -0.15) is 0 Å². The first-order chi connectivity index (χ1) is 9.45. The van der Waals surface area contributed by atoms with Gasteiger partial charge in [0.2, 0.25) is 0 Å². The molecular formula is C20H26. The van der Waals surface area contributed by atoms with Crippen LogP contribution in [0.15, 0.2) is 42.5 Å². The SMILES string of the molecule is C/C=C\c1ccc(C)c(C)c1.Cc1cccc(C)c1C. The van der Waals surface area contributed by atoms with Gasteiger partial charge in [0.15, 0.2) is 0 Å². The zero-order valence-corrected chi connectivity index (χ0v) is 13.6. The molecule has 0 aliphatic heterocycles. The van der Waals surface area contributed by atoms with Crippen LogP contribution in [0, 0.1) is 34.6 Å². The van der Waals surface area contributed by atoms with E-state index in [-0.39, 0.29) is 0 Å². The van der Waals surface area contributed by atoms with E-state index in [2.05, 4.69) is 83.2 Å². The number of benzene rings is 2. The number of rotatable bonds is 1. The Kier molecular flexibility index (Phi) is 6.24. The fourth-order valence-electron chi connectivity index (χ4n) is 1.96. The van der Waals surface area contributed by atoms with E-state index in [1.165, 1.54) is 33.4 Å². The first-order valence-corrected chi connectivity index (χ1v) is 7.18. The second-order valence-corrected chi connectivity index (χ2v) is 5.36. The maximum absolute atomic E-state index is 2.20. The minimum atomic E-state index is 1.29. The molecule has 0 aromatic heterocycles. The molecule has 2 rings (SSSR count). The molecule has 0 saturated heterocycles. The Hall–Kier alpha value is -1.82. The van der Waals surface area contributed by atoms with Crippen molar-refractivity contribution in [3.05, 3.63) is 75.9 Å². The van der Waals surface area contributed by atoms with Gasteiger partial charge in [0.05, 0.1) is 0 Å². The van der Waals surface area contributed by atoms with Gasteiger partial charge in [0.25, 0.3) is 0 Å². The van der Waals surface area contributed by atoms with E-state index < -0.39 is 0 Å². The van der Waals surface area contributed by atoms with Crippen LogP contribution < -0.4 is 0 Å². The summed E-state index contributed by atoms with van der Waals surface area (Å²) in [6.45, 7) is 12.8. The average molecular weight is 266 g/mol. The van der Waals surface area contributed by atoms with Gasteiger partial charge in [0.1, 0.15) is 0 Å². The van der Waals surface area contributed by atoms with E-state index in [9.17, 15) is 0 Å². The molecule has 106 valence electrons. The molecule has 2 aromatic rings. The lowest BCUT2D eigenvalue weighted by Gasteiger charge is -2.00. The van der Waals surface area contributed by atoms with E-state index in [0.29, 0.717) is 0 Å². The first-order valence-electron chi connectivity index (χ1n) is 7.18. The Labute approximate surface area is 124 Å². The lowest BCUT2D eigenvalue weighted by molar-refractivity contribution is 1.27. The second kappa shape index (κ2) is 7.69. The number of hydrogen-bond acceptors (Lipinski definition) is 0. The van der Waals surface area contributed by atoms with Crippen LogP contribution in [0.5, 0.6) is 0 Å². The fourth-order valence-corrected chi connectivity index (χ4v) is 1.96. The third-order valence-corrected chi connectivity index (χ3v) is 3.77. The Morgan fingerprint density at radius 3 is 1.75 bits per heavy atom. The van der Waals surface area contributed by atoms with E-state index in [1.807, 2.05) is 6.92 Å². The third kappa shape index (κ3) is 4.70. The smallest absolute Gasteiger partial charge is 0.0257 e. The van der Waals surface area contributed by atoms with Crippen molar-refractivity contribution < 1.29 is 0 Å². The van der Waals surface area contributed by atoms with Crippen molar-refractivity contribution in [3.63, 3.8) is 0 Å². The van der Waals surface area contributed by atoms with Crippen molar-refractivity contribution in [2.45, 2.75) is 41.5 Å². The highest BCUT2D eigenvalue weighted by atomic mass is 14.0. The first kappa shape index (κ1) is 16.2.